The lowest BCUT2D eigenvalue weighted by molar-refractivity contribution is 0.514. The number of hydrogen-bond acceptors (Lipinski definition) is 2. The molecule has 3 heteroatoms. The Morgan fingerprint density at radius 3 is 2.17 bits per heavy atom. The Bertz CT molecular complexity index is 255. The molecule has 0 unspecified atom stereocenters. The molecule has 1 aromatic rings. The van der Waals surface area contributed by atoms with E-state index in [4.69, 9.17) is 0 Å². The summed E-state index contributed by atoms with van der Waals surface area (Å²) in [6.45, 7) is 10.6. The van der Waals surface area contributed by atoms with Crippen LogP contribution in [0.3, 0.4) is 0 Å². The van der Waals surface area contributed by atoms with E-state index in [1.807, 2.05) is 10.9 Å². The van der Waals surface area contributed by atoms with Gasteiger partial charge >= 0.3 is 0 Å². The summed E-state index contributed by atoms with van der Waals surface area (Å²) in [5, 5.41) is 8.17. The summed E-state index contributed by atoms with van der Waals surface area (Å²) >= 11 is 0. The highest BCUT2D eigenvalue weighted by atomic mass is 15.4. The van der Waals surface area contributed by atoms with Crippen LogP contribution in [0.25, 0.3) is 0 Å². The second-order valence-corrected chi connectivity index (χ2v) is 4.43. The third-order valence-electron chi connectivity index (χ3n) is 1.81. The minimum Gasteiger partial charge on any atom is -0.250 e. The van der Waals surface area contributed by atoms with Gasteiger partial charge in [-0.2, -0.15) is 0 Å². The Morgan fingerprint density at radius 1 is 1.33 bits per heavy atom. The van der Waals surface area contributed by atoms with Gasteiger partial charge in [0.1, 0.15) is 0 Å². The first kappa shape index (κ1) is 9.23. The molecular weight excluding hydrogens is 150 g/mol. The maximum Gasteiger partial charge on any atom is 0.0880 e. The van der Waals surface area contributed by atoms with E-state index in [1.165, 1.54) is 0 Å². The monoisotopic (exact) mass is 167 g/mol. The van der Waals surface area contributed by atoms with Crippen LogP contribution in [0.2, 0.25) is 0 Å². The van der Waals surface area contributed by atoms with Crippen molar-refractivity contribution in [3.05, 3.63) is 11.9 Å². The zero-order valence-corrected chi connectivity index (χ0v) is 8.50. The van der Waals surface area contributed by atoms with Crippen molar-refractivity contribution in [1.82, 2.24) is 15.0 Å². The molecule has 0 aliphatic carbocycles. The summed E-state index contributed by atoms with van der Waals surface area (Å²) in [6, 6.07) is 0.397. The van der Waals surface area contributed by atoms with Gasteiger partial charge in [-0.25, -0.2) is 4.68 Å². The van der Waals surface area contributed by atoms with E-state index < -0.39 is 0 Å². The average molecular weight is 167 g/mol. The van der Waals surface area contributed by atoms with Crippen molar-refractivity contribution in [1.29, 1.82) is 0 Å². The van der Waals surface area contributed by atoms with Gasteiger partial charge in [0, 0.05) is 17.7 Å². The predicted octanol–water partition coefficient (Wildman–Crippen LogP) is 2.16. The van der Waals surface area contributed by atoms with E-state index in [2.05, 4.69) is 44.9 Å². The molecule has 0 saturated heterocycles. The fourth-order valence-electron chi connectivity index (χ4n) is 0.873. The van der Waals surface area contributed by atoms with Crippen molar-refractivity contribution in [2.45, 2.75) is 46.1 Å². The van der Waals surface area contributed by atoms with Gasteiger partial charge in [-0.05, 0) is 13.8 Å². The molecule has 0 atom stereocenters. The van der Waals surface area contributed by atoms with E-state index in [0.29, 0.717) is 6.04 Å². The lowest BCUT2D eigenvalue weighted by Gasteiger charge is -2.13. The molecule has 0 radical (unpaired) electrons. The predicted molar refractivity (Wildman–Crippen MR) is 49.1 cm³/mol. The zero-order valence-electron chi connectivity index (χ0n) is 8.50. The highest BCUT2D eigenvalue weighted by molar-refractivity contribution is 5.06. The SMILES string of the molecule is CC(C)n1cc(C(C)(C)C)nn1. The summed E-state index contributed by atoms with van der Waals surface area (Å²) in [7, 11) is 0. The van der Waals surface area contributed by atoms with Crippen LogP contribution in [-0.2, 0) is 5.41 Å². The van der Waals surface area contributed by atoms with Crippen molar-refractivity contribution in [2.24, 2.45) is 0 Å². The molecule has 12 heavy (non-hydrogen) atoms. The van der Waals surface area contributed by atoms with Crippen molar-refractivity contribution < 1.29 is 0 Å². The Morgan fingerprint density at radius 2 is 1.92 bits per heavy atom. The molecule has 0 N–H and O–H groups in total. The second kappa shape index (κ2) is 2.88. The normalized spacial score (nSPS) is 12.5. The number of hydrogen-bond donors (Lipinski definition) is 0. The molecule has 0 bridgehead atoms. The summed E-state index contributed by atoms with van der Waals surface area (Å²) < 4.78 is 1.89. The van der Waals surface area contributed by atoms with Crippen LogP contribution in [0.4, 0.5) is 0 Å². The van der Waals surface area contributed by atoms with Crippen LogP contribution >= 0.6 is 0 Å². The van der Waals surface area contributed by atoms with E-state index in [1.54, 1.807) is 0 Å². The minimum absolute atomic E-state index is 0.104. The quantitative estimate of drug-likeness (QED) is 0.641. The van der Waals surface area contributed by atoms with Gasteiger partial charge in [0.25, 0.3) is 0 Å². The van der Waals surface area contributed by atoms with Gasteiger partial charge < -0.3 is 0 Å². The number of aromatic nitrogens is 3. The third kappa shape index (κ3) is 1.84. The van der Waals surface area contributed by atoms with Gasteiger partial charge in [0.05, 0.1) is 5.69 Å². The first-order valence-corrected chi connectivity index (χ1v) is 4.33. The van der Waals surface area contributed by atoms with Crippen LogP contribution < -0.4 is 0 Å². The van der Waals surface area contributed by atoms with Crippen LogP contribution in [0.15, 0.2) is 6.20 Å². The molecule has 0 spiro atoms. The maximum atomic E-state index is 4.12. The second-order valence-electron chi connectivity index (χ2n) is 4.43. The summed E-state index contributed by atoms with van der Waals surface area (Å²) in [6.07, 6.45) is 2.02. The lowest BCUT2D eigenvalue weighted by Crippen LogP contribution is -2.11. The van der Waals surface area contributed by atoms with E-state index in [0.717, 1.165) is 5.69 Å². The lowest BCUT2D eigenvalue weighted by atomic mass is 9.93. The molecule has 68 valence electrons. The number of rotatable bonds is 1. The Labute approximate surface area is 73.8 Å². The molecule has 0 amide bonds. The third-order valence-corrected chi connectivity index (χ3v) is 1.81. The molecule has 0 saturated carbocycles. The van der Waals surface area contributed by atoms with E-state index in [-0.39, 0.29) is 5.41 Å². The topological polar surface area (TPSA) is 30.7 Å². The summed E-state index contributed by atoms with van der Waals surface area (Å²) in [5.41, 5.74) is 1.16. The standard InChI is InChI=1S/C9H17N3/c1-7(2)12-6-8(10-11-12)9(3,4)5/h6-7H,1-5H3. The van der Waals surface area contributed by atoms with Crippen molar-refractivity contribution in [2.75, 3.05) is 0 Å². The highest BCUT2D eigenvalue weighted by Crippen LogP contribution is 2.19. The van der Waals surface area contributed by atoms with Crippen molar-refractivity contribution in [3.63, 3.8) is 0 Å². The smallest absolute Gasteiger partial charge is 0.0880 e. The molecule has 0 aliphatic heterocycles. The van der Waals surface area contributed by atoms with Gasteiger partial charge in [-0.15, -0.1) is 5.10 Å². The Kier molecular flexibility index (Phi) is 2.22. The molecule has 0 fully saturated rings. The summed E-state index contributed by atoms with van der Waals surface area (Å²) in [5.74, 6) is 0. The average Bonchev–Trinajstić information content (AvgIpc) is 2.30. The molecule has 0 aliphatic rings. The van der Waals surface area contributed by atoms with Gasteiger partial charge in [-0.1, -0.05) is 26.0 Å². The Hall–Kier alpha value is -0.860. The molecule has 3 nitrogen and oxygen atoms in total. The number of nitrogens with zero attached hydrogens (tertiary/aromatic N) is 3. The minimum atomic E-state index is 0.104. The van der Waals surface area contributed by atoms with E-state index in [9.17, 15) is 0 Å². The first-order valence-electron chi connectivity index (χ1n) is 4.33. The van der Waals surface area contributed by atoms with Crippen molar-refractivity contribution >= 4 is 0 Å². The van der Waals surface area contributed by atoms with Gasteiger partial charge in [-0.3, -0.25) is 0 Å². The first-order chi connectivity index (χ1) is 5.41. The van der Waals surface area contributed by atoms with Gasteiger partial charge in [0.2, 0.25) is 0 Å². The molecule has 1 rings (SSSR count). The largest absolute Gasteiger partial charge is 0.250 e. The van der Waals surface area contributed by atoms with Crippen molar-refractivity contribution in [3.8, 4) is 0 Å². The Balaban J connectivity index is 2.92. The molecule has 0 aromatic carbocycles. The molecule has 1 heterocycles. The fourth-order valence-corrected chi connectivity index (χ4v) is 0.873. The fraction of sp³-hybridized carbons (Fsp3) is 0.778. The highest BCUT2D eigenvalue weighted by Gasteiger charge is 2.17. The van der Waals surface area contributed by atoms with Crippen LogP contribution in [0.1, 0.15) is 46.4 Å². The van der Waals surface area contributed by atoms with E-state index >= 15 is 0 Å². The van der Waals surface area contributed by atoms with Gasteiger partial charge in [0.15, 0.2) is 0 Å². The van der Waals surface area contributed by atoms with Crippen LogP contribution in [0.5, 0.6) is 0 Å². The maximum absolute atomic E-state index is 4.12. The molecular formula is C9H17N3. The van der Waals surface area contributed by atoms with Crippen LogP contribution in [-0.4, -0.2) is 15.0 Å². The zero-order chi connectivity index (χ0) is 9.35. The van der Waals surface area contributed by atoms with Crippen LogP contribution in [0, 0.1) is 0 Å². The summed E-state index contributed by atoms with van der Waals surface area (Å²) in [4.78, 5) is 0. The molecule has 1 aromatic heterocycles.